The second-order valence-corrected chi connectivity index (χ2v) is 3.10. The van der Waals surface area contributed by atoms with E-state index in [9.17, 15) is 0 Å². The molecule has 0 bridgehead atoms. The van der Waals surface area contributed by atoms with Crippen LogP contribution in [0.5, 0.6) is 0 Å². The molecule has 1 aliphatic rings. The maximum atomic E-state index is 3.09. The molecule has 1 fully saturated rings. The first-order chi connectivity index (χ1) is 4.84. The fourth-order valence-electron chi connectivity index (χ4n) is 0.754. The van der Waals surface area contributed by atoms with Gasteiger partial charge in [0.05, 0.1) is 10.4 Å². The molecule has 0 atom stereocenters. The molecule has 7 heteroatoms. The van der Waals surface area contributed by atoms with Crippen molar-refractivity contribution in [1.82, 2.24) is 14.7 Å². The molecule has 1 saturated heterocycles. The quantitative estimate of drug-likeness (QED) is 0.280. The molecule has 10 heavy (non-hydrogen) atoms. The molecule has 0 saturated carbocycles. The van der Waals surface area contributed by atoms with Gasteiger partial charge in [0.15, 0.2) is 0 Å². The SMILES string of the molecule is CC#CB1N[B]N[B]N1[SiH3]. The minimum absolute atomic E-state index is 0.179. The second-order valence-electron chi connectivity index (χ2n) is 2.07. The average molecular weight is 147 g/mol. The maximum absolute atomic E-state index is 3.09. The summed E-state index contributed by atoms with van der Waals surface area (Å²) in [6.07, 6.45) is 0. The van der Waals surface area contributed by atoms with Crippen molar-refractivity contribution in [3.8, 4) is 11.7 Å². The van der Waals surface area contributed by atoms with Crippen molar-refractivity contribution >= 4 is 32.5 Å². The molecule has 0 unspecified atom stereocenters. The summed E-state index contributed by atoms with van der Waals surface area (Å²) in [6, 6.07) is 0. The smallest absolute Gasteiger partial charge is 0.368 e. The summed E-state index contributed by atoms with van der Waals surface area (Å²) in [6.45, 7) is 2.02. The lowest BCUT2D eigenvalue weighted by Crippen LogP contribution is -2.64. The van der Waals surface area contributed by atoms with Crippen LogP contribution in [0.3, 0.4) is 0 Å². The van der Waals surface area contributed by atoms with Gasteiger partial charge in [-0.05, 0) is 6.92 Å². The monoisotopic (exact) mass is 147 g/mol. The maximum Gasteiger partial charge on any atom is 0.368 e. The van der Waals surface area contributed by atoms with E-state index in [-0.39, 0.29) is 6.98 Å². The van der Waals surface area contributed by atoms with Gasteiger partial charge in [-0.3, -0.25) is 0 Å². The summed E-state index contributed by atoms with van der Waals surface area (Å²) >= 11 is 0. The van der Waals surface area contributed by atoms with Crippen LogP contribution in [0.25, 0.3) is 0 Å². The Labute approximate surface area is 66.5 Å². The van der Waals surface area contributed by atoms with Crippen LogP contribution in [0.1, 0.15) is 6.92 Å². The molecule has 3 nitrogen and oxygen atoms in total. The van der Waals surface area contributed by atoms with E-state index in [0.29, 0.717) is 0 Å². The normalized spacial score (nSPS) is 18.7. The van der Waals surface area contributed by atoms with E-state index < -0.39 is 0 Å². The van der Waals surface area contributed by atoms with Gasteiger partial charge in [0.25, 0.3) is 15.1 Å². The highest BCUT2D eigenvalue weighted by molar-refractivity contribution is 6.83. The first kappa shape index (κ1) is 7.95. The molecule has 0 aromatic heterocycles. The van der Waals surface area contributed by atoms with Crippen molar-refractivity contribution in [3.05, 3.63) is 0 Å². The molecule has 2 N–H and O–H groups in total. The highest BCUT2D eigenvalue weighted by Gasteiger charge is 2.21. The Hall–Kier alpha value is -0.148. The van der Waals surface area contributed by atoms with Gasteiger partial charge in [0.1, 0.15) is 0 Å². The molecule has 1 heterocycles. The van der Waals surface area contributed by atoms with Gasteiger partial charge in [-0.1, -0.05) is 0 Å². The minimum atomic E-state index is 0.179. The van der Waals surface area contributed by atoms with Gasteiger partial charge < -0.3 is 14.7 Å². The molecular formula is C3H8B3N3Si. The van der Waals surface area contributed by atoms with Gasteiger partial charge >= 0.3 is 6.98 Å². The molecule has 1 rings (SSSR count). The zero-order valence-electron chi connectivity index (χ0n) is 6.18. The second kappa shape index (κ2) is 3.89. The molecule has 0 aliphatic carbocycles. The van der Waals surface area contributed by atoms with Crippen LogP contribution in [0.4, 0.5) is 0 Å². The zero-order chi connectivity index (χ0) is 7.40. The largest absolute Gasteiger partial charge is 0.380 e. The molecule has 0 aromatic rings. The standard InChI is InChI=1S/C3H8B3N3Si/c1-2-3-6-8-4-7-5-9(6)10/h7-8H,1,10H3. The van der Waals surface area contributed by atoms with Crippen molar-refractivity contribution in [2.45, 2.75) is 6.92 Å². The fraction of sp³-hybridized carbons (Fsp3) is 0.333. The molecular weight excluding hydrogens is 139 g/mol. The first-order valence-electron chi connectivity index (χ1n) is 3.16. The van der Waals surface area contributed by atoms with Crippen molar-refractivity contribution < 1.29 is 0 Å². The van der Waals surface area contributed by atoms with Gasteiger partial charge in [0.2, 0.25) is 0 Å². The van der Waals surface area contributed by atoms with E-state index in [4.69, 9.17) is 0 Å². The van der Waals surface area contributed by atoms with Crippen molar-refractivity contribution in [2.24, 2.45) is 0 Å². The number of nitrogens with one attached hydrogen (secondary N) is 2. The van der Waals surface area contributed by atoms with Crippen LogP contribution in [0.2, 0.25) is 0 Å². The van der Waals surface area contributed by atoms with E-state index in [1.165, 1.54) is 0 Å². The van der Waals surface area contributed by atoms with E-state index >= 15 is 0 Å². The Balaban J connectivity index is 2.45. The summed E-state index contributed by atoms with van der Waals surface area (Å²) in [5, 5.41) is 6.04. The van der Waals surface area contributed by atoms with E-state index in [2.05, 4.69) is 26.4 Å². The van der Waals surface area contributed by atoms with Crippen molar-refractivity contribution in [1.29, 1.82) is 0 Å². The summed E-state index contributed by atoms with van der Waals surface area (Å²) in [5.41, 5.74) is 0. The Morgan fingerprint density at radius 3 is 3.10 bits per heavy atom. The molecule has 2 radical (unpaired) electrons. The Kier molecular flexibility index (Phi) is 3.09. The van der Waals surface area contributed by atoms with Gasteiger partial charge in [0, 0.05) is 0 Å². The van der Waals surface area contributed by atoms with E-state index in [0.717, 1.165) is 10.4 Å². The van der Waals surface area contributed by atoms with E-state index in [1.807, 2.05) is 14.5 Å². The third kappa shape index (κ3) is 1.92. The third-order valence-electron chi connectivity index (χ3n) is 1.29. The highest BCUT2D eigenvalue weighted by atomic mass is 28.2. The topological polar surface area (TPSA) is 27.3 Å². The van der Waals surface area contributed by atoms with Crippen LogP contribution in [-0.4, -0.2) is 36.9 Å². The molecule has 1 aliphatic heterocycles. The zero-order valence-corrected chi connectivity index (χ0v) is 8.18. The number of hydrogen-bond acceptors (Lipinski definition) is 3. The van der Waals surface area contributed by atoms with Crippen molar-refractivity contribution in [2.75, 3.05) is 0 Å². The van der Waals surface area contributed by atoms with Gasteiger partial charge in [-0.15, -0.1) is 11.7 Å². The summed E-state index contributed by atoms with van der Waals surface area (Å²) in [7, 11) is 4.70. The van der Waals surface area contributed by atoms with Crippen LogP contribution in [0.15, 0.2) is 0 Å². The minimum Gasteiger partial charge on any atom is -0.380 e. The third-order valence-corrected chi connectivity index (χ3v) is 2.07. The lowest BCUT2D eigenvalue weighted by molar-refractivity contribution is 1.01. The fourth-order valence-corrected chi connectivity index (χ4v) is 1.18. The predicted octanol–water partition coefficient (Wildman–Crippen LogP) is -3.12. The number of nitrogens with zero attached hydrogens (tertiary/aromatic N) is 1. The molecule has 0 spiro atoms. The van der Waals surface area contributed by atoms with Gasteiger partial charge in [-0.25, -0.2) is 0 Å². The Morgan fingerprint density at radius 1 is 1.70 bits per heavy atom. The summed E-state index contributed by atoms with van der Waals surface area (Å²) < 4.78 is 2.11. The Bertz CT molecular complexity index is 166. The highest BCUT2D eigenvalue weighted by Crippen LogP contribution is 1.82. The lowest BCUT2D eigenvalue weighted by atomic mass is 9.66. The average Bonchev–Trinajstić information content (AvgIpc) is 1.94. The van der Waals surface area contributed by atoms with Crippen LogP contribution < -0.4 is 10.3 Å². The number of rotatable bonds is 0. The van der Waals surface area contributed by atoms with Crippen LogP contribution >= 0.6 is 0 Å². The first-order valence-corrected chi connectivity index (χ1v) is 4.05. The molecule has 48 valence electrons. The summed E-state index contributed by atoms with van der Waals surface area (Å²) in [4.78, 5) is 0. The number of hydrogen-bond donors (Lipinski definition) is 2. The van der Waals surface area contributed by atoms with Gasteiger partial charge in [-0.2, -0.15) is 0 Å². The van der Waals surface area contributed by atoms with Crippen LogP contribution in [-0.2, 0) is 0 Å². The molecule has 0 amide bonds. The van der Waals surface area contributed by atoms with Crippen molar-refractivity contribution in [3.63, 3.8) is 0 Å². The van der Waals surface area contributed by atoms with Crippen LogP contribution in [0, 0.1) is 11.7 Å². The predicted molar refractivity (Wildman–Crippen MR) is 48.8 cm³/mol. The van der Waals surface area contributed by atoms with E-state index in [1.54, 1.807) is 7.55 Å². The lowest BCUT2D eigenvalue weighted by Gasteiger charge is -2.25. The molecule has 0 aromatic carbocycles. The Morgan fingerprint density at radius 2 is 2.50 bits per heavy atom. The summed E-state index contributed by atoms with van der Waals surface area (Å²) in [5.74, 6) is 5.90.